The van der Waals surface area contributed by atoms with Crippen molar-refractivity contribution in [2.24, 2.45) is 11.7 Å². The molecule has 7 heteroatoms. The molecular weight excluding hydrogens is 320 g/mol. The fourth-order valence-electron chi connectivity index (χ4n) is 3.62. The Bertz CT molecular complexity index is 426. The Morgan fingerprint density at radius 2 is 1.80 bits per heavy atom. The van der Waals surface area contributed by atoms with Crippen molar-refractivity contribution < 1.29 is 14.3 Å². The van der Waals surface area contributed by atoms with Crippen molar-refractivity contribution in [3.05, 3.63) is 0 Å². The Kier molecular flexibility index (Phi) is 8.12. The molecule has 1 unspecified atom stereocenters. The second kappa shape index (κ2) is 10.1. The maximum Gasteiger partial charge on any atom is 0.234 e. The van der Waals surface area contributed by atoms with E-state index in [0.717, 1.165) is 31.8 Å². The molecule has 1 saturated heterocycles. The molecule has 1 aliphatic heterocycles. The van der Waals surface area contributed by atoms with E-state index < -0.39 is 0 Å². The minimum Gasteiger partial charge on any atom is -0.380 e. The van der Waals surface area contributed by atoms with Crippen molar-refractivity contribution in [3.8, 4) is 0 Å². The first-order valence-electron chi connectivity index (χ1n) is 9.54. The smallest absolute Gasteiger partial charge is 0.234 e. The van der Waals surface area contributed by atoms with Gasteiger partial charge < -0.3 is 20.7 Å². The second-order valence-electron chi connectivity index (χ2n) is 7.48. The minimum absolute atomic E-state index is 0.0812. The van der Waals surface area contributed by atoms with Gasteiger partial charge >= 0.3 is 0 Å². The van der Waals surface area contributed by atoms with Crippen molar-refractivity contribution in [2.75, 3.05) is 46.4 Å². The van der Waals surface area contributed by atoms with E-state index in [9.17, 15) is 9.59 Å². The van der Waals surface area contributed by atoms with E-state index in [-0.39, 0.29) is 17.9 Å². The molecule has 144 valence electrons. The Morgan fingerprint density at radius 1 is 1.16 bits per heavy atom. The van der Waals surface area contributed by atoms with Crippen LogP contribution in [0.5, 0.6) is 0 Å². The maximum atomic E-state index is 12.2. The number of methoxy groups -OCH3 is 1. The highest BCUT2D eigenvalue weighted by Crippen LogP contribution is 2.23. The molecule has 1 saturated carbocycles. The van der Waals surface area contributed by atoms with Crippen LogP contribution in [0.15, 0.2) is 0 Å². The molecule has 0 radical (unpaired) electrons. The maximum absolute atomic E-state index is 12.2. The average Bonchev–Trinajstić information content (AvgIpc) is 2.62. The number of carbonyl (C=O) groups is 2. The highest BCUT2D eigenvalue weighted by atomic mass is 16.5. The highest BCUT2D eigenvalue weighted by molar-refractivity contribution is 5.78. The van der Waals surface area contributed by atoms with Crippen LogP contribution in [0.25, 0.3) is 0 Å². The fraction of sp³-hybridized carbons (Fsp3) is 0.889. The number of hydrogen-bond acceptors (Lipinski definition) is 5. The van der Waals surface area contributed by atoms with Gasteiger partial charge in [0.15, 0.2) is 0 Å². The molecule has 0 aromatic rings. The molecule has 0 spiro atoms. The normalized spacial score (nSPS) is 26.3. The summed E-state index contributed by atoms with van der Waals surface area (Å²) in [5.41, 5.74) is 5.57. The number of nitrogens with two attached hydrogens (primary N) is 1. The SMILES string of the molecule is COC(CN)CC(=O)N1CCN(CC(=O)NC2CCC(C)CC2)CC1. The van der Waals surface area contributed by atoms with Crippen molar-refractivity contribution in [1.29, 1.82) is 0 Å². The quantitative estimate of drug-likeness (QED) is 0.681. The van der Waals surface area contributed by atoms with Gasteiger partial charge in [-0.2, -0.15) is 0 Å². The summed E-state index contributed by atoms with van der Waals surface area (Å²) in [5, 5.41) is 3.17. The summed E-state index contributed by atoms with van der Waals surface area (Å²) in [6, 6.07) is 0.341. The minimum atomic E-state index is -0.213. The van der Waals surface area contributed by atoms with E-state index >= 15 is 0 Å². The summed E-state index contributed by atoms with van der Waals surface area (Å²) in [5.74, 6) is 0.982. The van der Waals surface area contributed by atoms with Crippen LogP contribution in [0.2, 0.25) is 0 Å². The number of ether oxygens (including phenoxy) is 1. The topological polar surface area (TPSA) is 87.9 Å². The first-order chi connectivity index (χ1) is 12.0. The zero-order valence-corrected chi connectivity index (χ0v) is 15.7. The summed E-state index contributed by atoms with van der Waals surface area (Å²) in [7, 11) is 1.58. The van der Waals surface area contributed by atoms with E-state index in [1.165, 1.54) is 12.8 Å². The molecule has 7 nitrogen and oxygen atoms in total. The zero-order valence-electron chi connectivity index (χ0n) is 15.7. The standard InChI is InChI=1S/C18H34N4O3/c1-14-3-5-15(6-4-14)20-17(23)13-21-7-9-22(10-8-21)18(24)11-16(12-19)25-2/h14-16H,3-13,19H2,1-2H3,(H,20,23). The molecule has 25 heavy (non-hydrogen) atoms. The van der Waals surface area contributed by atoms with Crippen molar-refractivity contribution in [2.45, 2.75) is 51.2 Å². The third-order valence-electron chi connectivity index (χ3n) is 5.47. The molecule has 2 amide bonds. The first-order valence-corrected chi connectivity index (χ1v) is 9.54. The number of nitrogens with one attached hydrogen (secondary N) is 1. The number of carbonyl (C=O) groups excluding carboxylic acids is 2. The van der Waals surface area contributed by atoms with Gasteiger partial charge in [-0.05, 0) is 31.6 Å². The number of amides is 2. The molecule has 2 rings (SSSR count). The van der Waals surface area contributed by atoms with Crippen LogP contribution in [0.1, 0.15) is 39.0 Å². The number of hydrogen-bond donors (Lipinski definition) is 2. The van der Waals surface area contributed by atoms with Crippen LogP contribution in [0, 0.1) is 5.92 Å². The van der Waals surface area contributed by atoms with Crippen LogP contribution >= 0.6 is 0 Å². The van der Waals surface area contributed by atoms with Gasteiger partial charge in [-0.25, -0.2) is 0 Å². The van der Waals surface area contributed by atoms with Crippen molar-refractivity contribution in [1.82, 2.24) is 15.1 Å². The van der Waals surface area contributed by atoms with Crippen LogP contribution in [0.3, 0.4) is 0 Å². The summed E-state index contributed by atoms with van der Waals surface area (Å²) in [6.45, 7) is 5.85. The van der Waals surface area contributed by atoms with E-state index in [2.05, 4.69) is 17.1 Å². The Morgan fingerprint density at radius 3 is 2.36 bits per heavy atom. The lowest BCUT2D eigenvalue weighted by Crippen LogP contribution is -2.52. The van der Waals surface area contributed by atoms with E-state index in [1.807, 2.05) is 4.90 Å². The fourth-order valence-corrected chi connectivity index (χ4v) is 3.62. The predicted molar refractivity (Wildman–Crippen MR) is 97.1 cm³/mol. The molecule has 0 aromatic carbocycles. The lowest BCUT2D eigenvalue weighted by atomic mass is 9.87. The Labute approximate surface area is 151 Å². The summed E-state index contributed by atoms with van der Waals surface area (Å²) >= 11 is 0. The predicted octanol–water partition coefficient (Wildman–Crippen LogP) is 0.189. The highest BCUT2D eigenvalue weighted by Gasteiger charge is 2.25. The van der Waals surface area contributed by atoms with Gasteiger partial charge in [0.1, 0.15) is 0 Å². The average molecular weight is 354 g/mol. The number of rotatable bonds is 7. The lowest BCUT2D eigenvalue weighted by Gasteiger charge is -2.35. The van der Waals surface area contributed by atoms with Gasteiger partial charge in [-0.3, -0.25) is 14.5 Å². The van der Waals surface area contributed by atoms with Gasteiger partial charge in [0.05, 0.1) is 19.1 Å². The molecule has 2 fully saturated rings. The third-order valence-corrected chi connectivity index (χ3v) is 5.47. The van der Waals surface area contributed by atoms with Gasteiger partial charge in [0.2, 0.25) is 11.8 Å². The molecule has 1 heterocycles. The molecule has 0 bridgehead atoms. The Hall–Kier alpha value is -1.18. The number of nitrogens with zero attached hydrogens (tertiary/aromatic N) is 2. The van der Waals surface area contributed by atoms with Gasteiger partial charge in [-0.1, -0.05) is 6.92 Å². The monoisotopic (exact) mass is 354 g/mol. The van der Waals surface area contributed by atoms with E-state index in [0.29, 0.717) is 38.6 Å². The second-order valence-corrected chi connectivity index (χ2v) is 7.48. The van der Waals surface area contributed by atoms with Gasteiger partial charge in [0.25, 0.3) is 0 Å². The molecule has 0 aromatic heterocycles. The molecule has 2 aliphatic rings. The number of piperazine rings is 1. The van der Waals surface area contributed by atoms with Gasteiger partial charge in [-0.15, -0.1) is 0 Å². The summed E-state index contributed by atoms with van der Waals surface area (Å²) in [6.07, 6.45) is 4.71. The van der Waals surface area contributed by atoms with Crippen LogP contribution in [-0.2, 0) is 14.3 Å². The van der Waals surface area contributed by atoms with Crippen molar-refractivity contribution >= 4 is 11.8 Å². The van der Waals surface area contributed by atoms with Crippen LogP contribution in [0.4, 0.5) is 0 Å². The molecule has 1 atom stereocenters. The molecule has 3 N–H and O–H groups in total. The molecule has 1 aliphatic carbocycles. The first kappa shape index (κ1) is 20.1. The zero-order chi connectivity index (χ0) is 18.2. The third kappa shape index (κ3) is 6.56. The Balaban J connectivity index is 1.66. The lowest BCUT2D eigenvalue weighted by molar-refractivity contribution is -0.135. The van der Waals surface area contributed by atoms with Crippen molar-refractivity contribution in [3.63, 3.8) is 0 Å². The van der Waals surface area contributed by atoms with Crippen LogP contribution in [-0.4, -0.2) is 80.1 Å². The molecular formula is C18H34N4O3. The summed E-state index contributed by atoms with van der Waals surface area (Å²) in [4.78, 5) is 28.4. The summed E-state index contributed by atoms with van der Waals surface area (Å²) < 4.78 is 5.18. The van der Waals surface area contributed by atoms with E-state index in [4.69, 9.17) is 10.5 Å². The van der Waals surface area contributed by atoms with Crippen LogP contribution < -0.4 is 11.1 Å². The largest absolute Gasteiger partial charge is 0.380 e. The van der Waals surface area contributed by atoms with Gasteiger partial charge in [0, 0.05) is 45.9 Å². The van der Waals surface area contributed by atoms with E-state index in [1.54, 1.807) is 7.11 Å².